The van der Waals surface area contributed by atoms with Gasteiger partial charge in [0.25, 0.3) is 0 Å². The number of aromatic hydroxyl groups is 1. The fraction of sp³-hybridized carbons (Fsp3) is 0.350. The van der Waals surface area contributed by atoms with Crippen LogP contribution in [0.2, 0.25) is 5.02 Å². The monoisotopic (exact) mass is 436 g/mol. The molecule has 1 aromatic heterocycles. The number of likely N-dealkylation sites (tertiary alicyclic amines) is 1. The topological polar surface area (TPSA) is 73.1 Å². The molecule has 1 aliphatic rings. The van der Waals surface area contributed by atoms with E-state index in [0.717, 1.165) is 16.2 Å². The number of thiocarbonyl (C=S) groups is 1. The van der Waals surface area contributed by atoms with Crippen molar-refractivity contribution in [3.8, 4) is 16.2 Å². The number of carboxylic acid groups (broad SMARTS) is 1. The summed E-state index contributed by atoms with van der Waals surface area (Å²) in [7, 11) is 0. The zero-order valence-electron chi connectivity index (χ0n) is 15.4. The van der Waals surface area contributed by atoms with Crippen LogP contribution in [0.15, 0.2) is 34.6 Å². The van der Waals surface area contributed by atoms with Gasteiger partial charge in [-0.3, -0.25) is 9.79 Å². The van der Waals surface area contributed by atoms with Crippen molar-refractivity contribution in [2.45, 2.75) is 19.8 Å². The summed E-state index contributed by atoms with van der Waals surface area (Å²) >= 11 is 12.9. The van der Waals surface area contributed by atoms with Gasteiger partial charge < -0.3 is 15.1 Å². The number of rotatable bonds is 5. The standard InChI is InChI=1S/C20H21ClN2O3S2/c1-12(22-10-17(27)23-8-6-14(7-9-23)20(25)26)16-11-28-19(18(16)24)13-2-4-15(21)5-3-13/h2-5,11,14,24H,6-10H2,1H3,(H,25,26). The van der Waals surface area contributed by atoms with Crippen molar-refractivity contribution in [3.63, 3.8) is 0 Å². The summed E-state index contributed by atoms with van der Waals surface area (Å²) in [6.45, 7) is 3.50. The van der Waals surface area contributed by atoms with Crippen LogP contribution in [0.3, 0.4) is 0 Å². The van der Waals surface area contributed by atoms with Gasteiger partial charge in [-0.15, -0.1) is 11.3 Å². The van der Waals surface area contributed by atoms with Crippen LogP contribution in [0, 0.1) is 5.92 Å². The van der Waals surface area contributed by atoms with E-state index in [4.69, 9.17) is 28.9 Å². The molecule has 1 saturated heterocycles. The molecule has 5 nitrogen and oxygen atoms in total. The minimum absolute atomic E-state index is 0.210. The Morgan fingerprint density at radius 2 is 1.96 bits per heavy atom. The molecule has 2 heterocycles. The molecular weight excluding hydrogens is 416 g/mol. The van der Waals surface area contributed by atoms with Crippen LogP contribution in [0.5, 0.6) is 5.75 Å². The number of carbonyl (C=O) groups is 1. The van der Waals surface area contributed by atoms with Crippen molar-refractivity contribution in [2.75, 3.05) is 19.6 Å². The Morgan fingerprint density at radius 3 is 2.57 bits per heavy atom. The van der Waals surface area contributed by atoms with Gasteiger partial charge in [0.05, 0.1) is 22.3 Å². The van der Waals surface area contributed by atoms with Gasteiger partial charge in [0.2, 0.25) is 0 Å². The highest BCUT2D eigenvalue weighted by atomic mass is 35.5. The van der Waals surface area contributed by atoms with Gasteiger partial charge >= 0.3 is 5.97 Å². The van der Waals surface area contributed by atoms with Gasteiger partial charge in [0.1, 0.15) is 5.75 Å². The summed E-state index contributed by atoms with van der Waals surface area (Å²) < 4.78 is 0. The van der Waals surface area contributed by atoms with E-state index in [1.165, 1.54) is 11.3 Å². The predicted molar refractivity (Wildman–Crippen MR) is 118 cm³/mol. The summed E-state index contributed by atoms with van der Waals surface area (Å²) in [5.74, 6) is -0.802. The number of hydrogen-bond donors (Lipinski definition) is 2. The largest absolute Gasteiger partial charge is 0.506 e. The summed E-state index contributed by atoms with van der Waals surface area (Å²) in [4.78, 5) is 19.1. The Bertz CT molecular complexity index is 901. The zero-order chi connectivity index (χ0) is 20.3. The van der Waals surface area contributed by atoms with Crippen molar-refractivity contribution < 1.29 is 15.0 Å². The van der Waals surface area contributed by atoms with Crippen molar-refractivity contribution in [2.24, 2.45) is 10.9 Å². The Kier molecular flexibility index (Phi) is 6.69. The summed E-state index contributed by atoms with van der Waals surface area (Å²) in [5, 5.41) is 22.2. The van der Waals surface area contributed by atoms with Crippen LogP contribution >= 0.6 is 35.2 Å². The average Bonchev–Trinajstić information content (AvgIpc) is 3.08. The lowest BCUT2D eigenvalue weighted by atomic mass is 9.97. The number of thiophene rings is 1. The van der Waals surface area contributed by atoms with Crippen LogP contribution in [-0.2, 0) is 4.79 Å². The molecule has 3 rings (SSSR count). The van der Waals surface area contributed by atoms with Crippen molar-refractivity contribution >= 4 is 51.8 Å². The molecule has 0 radical (unpaired) electrons. The summed E-state index contributed by atoms with van der Waals surface area (Å²) in [5.41, 5.74) is 2.32. The molecule has 1 fully saturated rings. The first-order valence-corrected chi connectivity index (χ1v) is 10.6. The lowest BCUT2D eigenvalue weighted by molar-refractivity contribution is -0.143. The van der Waals surface area contributed by atoms with Crippen LogP contribution in [0.25, 0.3) is 10.4 Å². The number of aliphatic imine (C=N–C) groups is 1. The Balaban J connectivity index is 1.65. The van der Waals surface area contributed by atoms with Crippen LogP contribution in [0.4, 0.5) is 0 Å². The van der Waals surface area contributed by atoms with E-state index in [1.807, 2.05) is 29.3 Å². The smallest absolute Gasteiger partial charge is 0.306 e. The van der Waals surface area contributed by atoms with Crippen molar-refractivity contribution in [3.05, 3.63) is 40.2 Å². The van der Waals surface area contributed by atoms with Gasteiger partial charge in [0, 0.05) is 34.8 Å². The molecule has 1 aromatic carbocycles. The first-order chi connectivity index (χ1) is 13.4. The average molecular weight is 437 g/mol. The van der Waals surface area contributed by atoms with E-state index < -0.39 is 5.97 Å². The van der Waals surface area contributed by atoms with Gasteiger partial charge in [-0.2, -0.15) is 0 Å². The molecule has 0 atom stereocenters. The van der Waals surface area contributed by atoms with E-state index in [1.54, 1.807) is 12.1 Å². The third kappa shape index (κ3) is 4.71. The number of aliphatic carboxylic acids is 1. The Labute approximate surface area is 178 Å². The van der Waals surface area contributed by atoms with E-state index >= 15 is 0 Å². The molecule has 0 spiro atoms. The van der Waals surface area contributed by atoms with Crippen LogP contribution in [-0.4, -0.2) is 51.4 Å². The van der Waals surface area contributed by atoms with Crippen LogP contribution < -0.4 is 0 Å². The molecule has 28 heavy (non-hydrogen) atoms. The highest BCUT2D eigenvalue weighted by Gasteiger charge is 2.25. The minimum atomic E-state index is -0.733. The van der Waals surface area contributed by atoms with Gasteiger partial charge in [-0.05, 0) is 37.5 Å². The first kappa shape index (κ1) is 20.8. The second-order valence-electron chi connectivity index (χ2n) is 6.73. The number of halogens is 1. The van der Waals surface area contributed by atoms with Gasteiger partial charge in [0.15, 0.2) is 0 Å². The van der Waals surface area contributed by atoms with E-state index in [2.05, 4.69) is 4.99 Å². The maximum atomic E-state index is 11.1. The molecule has 2 N–H and O–H groups in total. The SMILES string of the molecule is CC(=NCC(=S)N1CCC(C(=O)O)CC1)c1csc(-c2ccc(Cl)cc2)c1O. The van der Waals surface area contributed by atoms with Gasteiger partial charge in [-0.25, -0.2) is 0 Å². The van der Waals surface area contributed by atoms with E-state index in [-0.39, 0.29) is 11.7 Å². The van der Waals surface area contributed by atoms with Crippen molar-refractivity contribution in [1.29, 1.82) is 0 Å². The highest BCUT2D eigenvalue weighted by molar-refractivity contribution is 7.80. The number of piperidine rings is 1. The number of nitrogens with zero attached hydrogens (tertiary/aromatic N) is 2. The fourth-order valence-electron chi connectivity index (χ4n) is 3.16. The second kappa shape index (κ2) is 9.03. The first-order valence-electron chi connectivity index (χ1n) is 8.95. The minimum Gasteiger partial charge on any atom is -0.506 e. The van der Waals surface area contributed by atoms with Crippen molar-refractivity contribution in [1.82, 2.24) is 4.90 Å². The molecule has 0 bridgehead atoms. The second-order valence-corrected chi connectivity index (χ2v) is 8.52. The normalized spacial score (nSPS) is 15.6. The van der Waals surface area contributed by atoms with E-state index in [9.17, 15) is 9.90 Å². The lowest BCUT2D eigenvalue weighted by Crippen LogP contribution is -2.40. The maximum Gasteiger partial charge on any atom is 0.306 e. The molecule has 0 unspecified atom stereocenters. The number of hydrogen-bond acceptors (Lipinski definition) is 5. The number of carboxylic acids is 1. The molecule has 0 amide bonds. The number of benzene rings is 1. The fourth-order valence-corrected chi connectivity index (χ4v) is 4.55. The summed E-state index contributed by atoms with van der Waals surface area (Å²) in [6.07, 6.45) is 1.21. The maximum absolute atomic E-state index is 11.1. The van der Waals surface area contributed by atoms with E-state index in [0.29, 0.717) is 48.1 Å². The molecule has 1 aliphatic heterocycles. The molecule has 148 valence electrons. The zero-order valence-corrected chi connectivity index (χ0v) is 17.8. The third-order valence-corrected chi connectivity index (χ3v) is 6.57. The predicted octanol–water partition coefficient (Wildman–Crippen LogP) is 4.71. The lowest BCUT2D eigenvalue weighted by Gasteiger charge is -2.31. The molecule has 8 heteroatoms. The molecular formula is C20H21ClN2O3S2. The Morgan fingerprint density at radius 1 is 1.32 bits per heavy atom. The van der Waals surface area contributed by atoms with Crippen LogP contribution in [0.1, 0.15) is 25.3 Å². The van der Waals surface area contributed by atoms with Gasteiger partial charge in [-0.1, -0.05) is 36.0 Å². The molecule has 0 aliphatic carbocycles. The Hall–Kier alpha value is -1.96. The highest BCUT2D eigenvalue weighted by Crippen LogP contribution is 2.39. The quantitative estimate of drug-likeness (QED) is 0.524. The molecule has 0 saturated carbocycles. The third-order valence-electron chi connectivity index (χ3n) is 4.91. The summed E-state index contributed by atoms with van der Waals surface area (Å²) in [6, 6.07) is 7.34. The molecule has 2 aromatic rings.